The van der Waals surface area contributed by atoms with E-state index in [0.29, 0.717) is 13.0 Å². The van der Waals surface area contributed by atoms with Crippen molar-refractivity contribution < 1.29 is 9.59 Å². The van der Waals surface area contributed by atoms with E-state index in [4.69, 9.17) is 0 Å². The molecule has 4 nitrogen and oxygen atoms in total. The van der Waals surface area contributed by atoms with E-state index in [9.17, 15) is 9.59 Å². The number of amides is 2. The Kier molecular flexibility index (Phi) is 8.20. The lowest BCUT2D eigenvalue weighted by molar-refractivity contribution is -0.121. The average molecular weight is 429 g/mol. The van der Waals surface area contributed by atoms with Gasteiger partial charge in [-0.05, 0) is 41.7 Å². The van der Waals surface area contributed by atoms with Crippen molar-refractivity contribution in [2.75, 3.05) is 4.90 Å². The zero-order chi connectivity index (χ0) is 22.9. The molecule has 32 heavy (non-hydrogen) atoms. The first-order valence-electron chi connectivity index (χ1n) is 11.2. The van der Waals surface area contributed by atoms with Crippen LogP contribution < -0.4 is 10.2 Å². The van der Waals surface area contributed by atoms with Gasteiger partial charge in [0.05, 0.1) is 19.0 Å². The molecule has 0 radical (unpaired) electrons. The largest absolute Gasteiger partial charge is 0.349 e. The predicted octanol–water partition coefficient (Wildman–Crippen LogP) is 5.69. The van der Waals surface area contributed by atoms with Gasteiger partial charge >= 0.3 is 0 Å². The molecule has 2 amide bonds. The highest BCUT2D eigenvalue weighted by molar-refractivity contribution is 5.93. The highest BCUT2D eigenvalue weighted by atomic mass is 16.2. The summed E-state index contributed by atoms with van der Waals surface area (Å²) in [7, 11) is 0. The molecule has 0 aliphatic carbocycles. The van der Waals surface area contributed by atoms with Gasteiger partial charge in [0.15, 0.2) is 0 Å². The summed E-state index contributed by atoms with van der Waals surface area (Å²) in [6.45, 7) is 6.59. The molecule has 0 fully saturated rings. The molecule has 3 aromatic carbocycles. The third-order valence-electron chi connectivity index (χ3n) is 5.33. The van der Waals surface area contributed by atoms with E-state index in [-0.39, 0.29) is 30.2 Å². The zero-order valence-corrected chi connectivity index (χ0v) is 19.1. The van der Waals surface area contributed by atoms with Gasteiger partial charge < -0.3 is 10.2 Å². The van der Waals surface area contributed by atoms with Gasteiger partial charge in [-0.15, -0.1) is 0 Å². The Hall–Kier alpha value is -3.40. The lowest BCUT2D eigenvalue weighted by Crippen LogP contribution is -2.31. The number of benzene rings is 3. The third kappa shape index (κ3) is 6.81. The van der Waals surface area contributed by atoms with Crippen LogP contribution >= 0.6 is 0 Å². The van der Waals surface area contributed by atoms with E-state index >= 15 is 0 Å². The molecule has 0 aliphatic heterocycles. The maximum atomic E-state index is 13.0. The zero-order valence-electron chi connectivity index (χ0n) is 19.1. The molecule has 4 heteroatoms. The first-order valence-corrected chi connectivity index (χ1v) is 11.2. The van der Waals surface area contributed by atoms with Crippen LogP contribution in [-0.4, -0.2) is 11.8 Å². The summed E-state index contributed by atoms with van der Waals surface area (Å²) in [6.07, 6.45) is 0.745. The average Bonchev–Trinajstić information content (AvgIpc) is 2.78. The van der Waals surface area contributed by atoms with Crippen molar-refractivity contribution in [3.05, 3.63) is 102 Å². The summed E-state index contributed by atoms with van der Waals surface area (Å²) in [5, 5.41) is 3.06. The maximum absolute atomic E-state index is 13.0. The van der Waals surface area contributed by atoms with Gasteiger partial charge in [-0.25, -0.2) is 0 Å². The quantitative estimate of drug-likeness (QED) is 0.476. The van der Waals surface area contributed by atoms with Crippen LogP contribution in [0.3, 0.4) is 0 Å². The van der Waals surface area contributed by atoms with Crippen LogP contribution in [-0.2, 0) is 22.6 Å². The van der Waals surface area contributed by atoms with E-state index in [1.54, 1.807) is 0 Å². The van der Waals surface area contributed by atoms with Gasteiger partial charge in [-0.3, -0.25) is 9.59 Å². The Morgan fingerprint density at radius 1 is 0.812 bits per heavy atom. The van der Waals surface area contributed by atoms with Crippen LogP contribution in [0.2, 0.25) is 0 Å². The molecule has 166 valence electrons. The number of nitrogens with zero attached hydrogens (tertiary/aromatic N) is 1. The van der Waals surface area contributed by atoms with Crippen molar-refractivity contribution in [2.24, 2.45) is 5.92 Å². The topological polar surface area (TPSA) is 49.4 Å². The minimum Gasteiger partial charge on any atom is -0.349 e. The molecule has 0 saturated heterocycles. The minimum absolute atomic E-state index is 0.0402. The van der Waals surface area contributed by atoms with Gasteiger partial charge in [0.25, 0.3) is 0 Å². The number of hydrogen-bond acceptors (Lipinski definition) is 2. The predicted molar refractivity (Wildman–Crippen MR) is 130 cm³/mol. The van der Waals surface area contributed by atoms with Crippen LogP contribution in [0.5, 0.6) is 0 Å². The molecular formula is C28H32N2O2. The fourth-order valence-corrected chi connectivity index (χ4v) is 3.69. The second-order valence-corrected chi connectivity index (χ2v) is 8.61. The van der Waals surface area contributed by atoms with Gasteiger partial charge in [-0.1, -0.05) is 86.6 Å². The maximum Gasteiger partial charge on any atom is 0.227 e. The fourth-order valence-electron chi connectivity index (χ4n) is 3.69. The number of nitrogens with one attached hydrogen (secondary N) is 1. The molecule has 3 rings (SSSR count). The second kappa shape index (κ2) is 11.3. The summed E-state index contributed by atoms with van der Waals surface area (Å²) in [4.78, 5) is 27.5. The summed E-state index contributed by atoms with van der Waals surface area (Å²) in [5.74, 6) is 0.319. The third-order valence-corrected chi connectivity index (χ3v) is 5.33. The second-order valence-electron chi connectivity index (χ2n) is 8.61. The highest BCUT2D eigenvalue weighted by Gasteiger charge is 2.18. The molecule has 1 N–H and O–H groups in total. The number of anilines is 1. The number of carbonyl (C=O) groups is 2. The van der Waals surface area contributed by atoms with Crippen molar-refractivity contribution in [3.8, 4) is 0 Å². The number of carbonyl (C=O) groups excluding carboxylic acids is 2. The lowest BCUT2D eigenvalue weighted by Gasteiger charge is -2.24. The van der Waals surface area contributed by atoms with Crippen molar-refractivity contribution in [2.45, 2.75) is 46.2 Å². The summed E-state index contributed by atoms with van der Waals surface area (Å²) >= 11 is 0. The van der Waals surface area contributed by atoms with E-state index in [1.165, 1.54) is 0 Å². The Bertz CT molecular complexity index is 1020. The lowest BCUT2D eigenvalue weighted by atomic mass is 10.1. The van der Waals surface area contributed by atoms with Gasteiger partial charge in [0.2, 0.25) is 11.8 Å². The first kappa shape index (κ1) is 23.3. The molecule has 0 saturated carbocycles. The Balaban J connectivity index is 1.74. The van der Waals surface area contributed by atoms with Gasteiger partial charge in [0.1, 0.15) is 0 Å². The molecule has 1 unspecified atom stereocenters. The summed E-state index contributed by atoms with van der Waals surface area (Å²) < 4.78 is 0. The van der Waals surface area contributed by atoms with Crippen LogP contribution in [0.4, 0.5) is 5.69 Å². The van der Waals surface area contributed by atoms with Crippen LogP contribution in [0, 0.1) is 5.92 Å². The molecule has 0 aromatic heterocycles. The molecule has 0 spiro atoms. The van der Waals surface area contributed by atoms with Gasteiger partial charge in [-0.2, -0.15) is 0 Å². The molecule has 3 aromatic rings. The fraction of sp³-hybridized carbons (Fsp3) is 0.286. The summed E-state index contributed by atoms with van der Waals surface area (Å²) in [5.41, 5.74) is 3.85. The monoisotopic (exact) mass is 428 g/mol. The van der Waals surface area contributed by atoms with Crippen molar-refractivity contribution in [1.82, 2.24) is 5.32 Å². The van der Waals surface area contributed by atoms with Gasteiger partial charge in [0, 0.05) is 12.1 Å². The SMILES string of the molecule is CC(C)CC(=O)N(Cc1ccccc1)c1cccc(CC(=O)NC(C)c2ccccc2)c1. The van der Waals surface area contributed by atoms with Crippen LogP contribution in [0.25, 0.3) is 0 Å². The smallest absolute Gasteiger partial charge is 0.227 e. The van der Waals surface area contributed by atoms with E-state index in [0.717, 1.165) is 22.4 Å². The standard InChI is InChI=1S/C28H32N2O2/c1-21(2)17-28(32)30(20-23-11-6-4-7-12-23)26-16-10-13-24(18-26)19-27(31)29-22(3)25-14-8-5-9-15-25/h4-16,18,21-22H,17,19-20H2,1-3H3,(H,29,31). The normalized spacial score (nSPS) is 11.8. The highest BCUT2D eigenvalue weighted by Crippen LogP contribution is 2.22. The van der Waals surface area contributed by atoms with Crippen LogP contribution in [0.15, 0.2) is 84.9 Å². The number of hydrogen-bond donors (Lipinski definition) is 1. The minimum atomic E-state index is -0.0610. The van der Waals surface area contributed by atoms with E-state index in [2.05, 4.69) is 5.32 Å². The molecule has 1 atom stereocenters. The molecular weight excluding hydrogens is 396 g/mol. The number of rotatable bonds is 9. The molecule has 0 aliphatic rings. The van der Waals surface area contributed by atoms with E-state index in [1.807, 2.05) is 111 Å². The van der Waals surface area contributed by atoms with E-state index < -0.39 is 0 Å². The van der Waals surface area contributed by atoms with Crippen LogP contribution in [0.1, 0.15) is 49.9 Å². The van der Waals surface area contributed by atoms with Crippen molar-refractivity contribution in [3.63, 3.8) is 0 Å². The van der Waals surface area contributed by atoms with Crippen molar-refractivity contribution >= 4 is 17.5 Å². The molecule has 0 heterocycles. The Morgan fingerprint density at radius 3 is 2.09 bits per heavy atom. The Labute approximate surface area is 191 Å². The van der Waals surface area contributed by atoms with Crippen molar-refractivity contribution in [1.29, 1.82) is 0 Å². The summed E-state index contributed by atoms with van der Waals surface area (Å²) in [6, 6.07) is 27.6. The first-order chi connectivity index (χ1) is 15.4. The Morgan fingerprint density at radius 2 is 1.44 bits per heavy atom. The molecule has 0 bridgehead atoms.